The van der Waals surface area contributed by atoms with Crippen LogP contribution in [0.5, 0.6) is 0 Å². The molecule has 0 atom stereocenters. The molecule has 0 aliphatic heterocycles. The second-order valence-corrected chi connectivity index (χ2v) is 5.16. The minimum absolute atomic E-state index is 0. The number of carbonyl (C=O) groups excluding carboxylic acids is 1. The molecule has 2 aromatic rings. The van der Waals surface area contributed by atoms with Gasteiger partial charge in [0, 0.05) is 17.7 Å². The zero-order valence-electron chi connectivity index (χ0n) is 10.7. The van der Waals surface area contributed by atoms with Crippen molar-refractivity contribution in [3.05, 3.63) is 35.2 Å². The molecule has 0 aliphatic carbocycles. The molecule has 104 valence electrons. The maximum Gasteiger partial charge on any atom is 0.220 e. The molecule has 3 nitrogen and oxygen atoms in total. The summed E-state index contributed by atoms with van der Waals surface area (Å²) in [5.74, 6) is 0.0972. The Kier molecular flexibility index (Phi) is 6.84. The third-order valence-electron chi connectivity index (χ3n) is 2.89. The average molecular weight is 299 g/mol. The molecular formula is C14H19ClN2OS. The third-order valence-corrected chi connectivity index (χ3v) is 3.90. The number of nitrogens with one attached hydrogen (secondary N) is 1. The quantitative estimate of drug-likeness (QED) is 0.861. The fourth-order valence-electron chi connectivity index (χ4n) is 1.91. The molecule has 0 unspecified atom stereocenters. The van der Waals surface area contributed by atoms with Gasteiger partial charge in [0.15, 0.2) is 0 Å². The molecule has 0 aliphatic rings. The third kappa shape index (κ3) is 4.49. The summed E-state index contributed by atoms with van der Waals surface area (Å²) in [6.07, 6.45) is 2.17. The Balaban J connectivity index is 0.00000180. The van der Waals surface area contributed by atoms with E-state index in [1.165, 1.54) is 15.6 Å². The van der Waals surface area contributed by atoms with Crippen LogP contribution >= 0.6 is 23.7 Å². The Labute approximate surface area is 123 Å². The number of benzene rings is 1. The molecule has 0 saturated carbocycles. The molecule has 19 heavy (non-hydrogen) atoms. The zero-order valence-corrected chi connectivity index (χ0v) is 12.4. The van der Waals surface area contributed by atoms with E-state index in [9.17, 15) is 4.79 Å². The molecule has 0 radical (unpaired) electrons. The molecule has 1 amide bonds. The van der Waals surface area contributed by atoms with Crippen LogP contribution in [0.15, 0.2) is 29.6 Å². The van der Waals surface area contributed by atoms with Crippen LogP contribution in [0.1, 0.15) is 18.4 Å². The Bertz CT molecular complexity index is 527. The lowest BCUT2D eigenvalue weighted by Gasteiger charge is -2.04. The monoisotopic (exact) mass is 298 g/mol. The van der Waals surface area contributed by atoms with E-state index in [0.717, 1.165) is 12.8 Å². The Morgan fingerprint density at radius 2 is 2.11 bits per heavy atom. The van der Waals surface area contributed by atoms with Crippen molar-refractivity contribution in [2.75, 3.05) is 13.1 Å². The predicted molar refractivity (Wildman–Crippen MR) is 84.1 cm³/mol. The van der Waals surface area contributed by atoms with Gasteiger partial charge in [-0.25, -0.2) is 0 Å². The largest absolute Gasteiger partial charge is 0.356 e. The lowest BCUT2D eigenvalue weighted by molar-refractivity contribution is -0.121. The van der Waals surface area contributed by atoms with Crippen molar-refractivity contribution in [2.45, 2.75) is 19.3 Å². The van der Waals surface area contributed by atoms with Crippen LogP contribution in [0.4, 0.5) is 0 Å². The first-order chi connectivity index (χ1) is 8.81. The number of carbonyl (C=O) groups is 1. The van der Waals surface area contributed by atoms with Gasteiger partial charge in [-0.05, 0) is 41.8 Å². The fourth-order valence-corrected chi connectivity index (χ4v) is 2.91. The van der Waals surface area contributed by atoms with Crippen molar-refractivity contribution >= 4 is 39.7 Å². The first-order valence-corrected chi connectivity index (χ1v) is 7.11. The molecule has 0 spiro atoms. The van der Waals surface area contributed by atoms with E-state index < -0.39 is 0 Å². The van der Waals surface area contributed by atoms with Gasteiger partial charge < -0.3 is 11.1 Å². The van der Waals surface area contributed by atoms with Gasteiger partial charge in [-0.15, -0.1) is 23.7 Å². The molecule has 2 rings (SSSR count). The van der Waals surface area contributed by atoms with Crippen molar-refractivity contribution < 1.29 is 4.79 Å². The number of fused-ring (bicyclic) bond motifs is 1. The lowest BCUT2D eigenvalue weighted by Crippen LogP contribution is -2.25. The molecule has 0 saturated heterocycles. The fraction of sp³-hybridized carbons (Fsp3) is 0.357. The van der Waals surface area contributed by atoms with Crippen LogP contribution in [0.3, 0.4) is 0 Å². The zero-order chi connectivity index (χ0) is 12.8. The van der Waals surface area contributed by atoms with Crippen molar-refractivity contribution in [3.8, 4) is 0 Å². The summed E-state index contributed by atoms with van der Waals surface area (Å²) in [6, 6.07) is 8.37. The summed E-state index contributed by atoms with van der Waals surface area (Å²) >= 11 is 1.76. The molecule has 0 bridgehead atoms. The number of hydrogen-bond donors (Lipinski definition) is 2. The van der Waals surface area contributed by atoms with Gasteiger partial charge in [0.2, 0.25) is 5.91 Å². The summed E-state index contributed by atoms with van der Waals surface area (Å²) in [6.45, 7) is 1.27. The number of rotatable bonds is 6. The van der Waals surface area contributed by atoms with E-state index in [-0.39, 0.29) is 18.3 Å². The highest BCUT2D eigenvalue weighted by atomic mass is 35.5. The van der Waals surface area contributed by atoms with E-state index in [0.29, 0.717) is 19.5 Å². The van der Waals surface area contributed by atoms with E-state index in [2.05, 4.69) is 35.0 Å². The SMILES string of the molecule is Cl.NCCCC(=O)NCCc1csc2ccccc12. The van der Waals surface area contributed by atoms with Gasteiger partial charge in [-0.1, -0.05) is 18.2 Å². The van der Waals surface area contributed by atoms with E-state index >= 15 is 0 Å². The summed E-state index contributed by atoms with van der Waals surface area (Å²) in [5.41, 5.74) is 6.68. The van der Waals surface area contributed by atoms with Gasteiger partial charge in [-0.2, -0.15) is 0 Å². The Hall–Kier alpha value is -1.10. The molecule has 0 fully saturated rings. The first-order valence-electron chi connectivity index (χ1n) is 6.23. The van der Waals surface area contributed by atoms with Crippen LogP contribution in [0.2, 0.25) is 0 Å². The second kappa shape index (κ2) is 8.15. The Morgan fingerprint density at radius 1 is 1.32 bits per heavy atom. The topological polar surface area (TPSA) is 55.1 Å². The van der Waals surface area contributed by atoms with Gasteiger partial charge >= 0.3 is 0 Å². The predicted octanol–water partition coefficient (Wildman–Crippen LogP) is 2.72. The number of nitrogens with two attached hydrogens (primary N) is 1. The summed E-state index contributed by atoms with van der Waals surface area (Å²) in [4.78, 5) is 11.4. The summed E-state index contributed by atoms with van der Waals surface area (Å²) in [7, 11) is 0. The lowest BCUT2D eigenvalue weighted by atomic mass is 10.1. The second-order valence-electron chi connectivity index (χ2n) is 4.25. The molecule has 5 heteroatoms. The first kappa shape index (κ1) is 16.0. The summed E-state index contributed by atoms with van der Waals surface area (Å²) < 4.78 is 1.31. The molecule has 1 aromatic carbocycles. The van der Waals surface area contributed by atoms with Crippen molar-refractivity contribution in [1.29, 1.82) is 0 Å². The highest BCUT2D eigenvalue weighted by Gasteiger charge is 2.04. The number of amides is 1. The standard InChI is InChI=1S/C14H18N2OS.ClH/c15-8-3-6-14(17)16-9-7-11-10-18-13-5-2-1-4-12(11)13;/h1-2,4-5,10H,3,6-9,15H2,(H,16,17);1H. The van der Waals surface area contributed by atoms with Crippen LogP contribution in [0.25, 0.3) is 10.1 Å². The van der Waals surface area contributed by atoms with E-state index in [4.69, 9.17) is 5.73 Å². The maximum absolute atomic E-state index is 11.4. The maximum atomic E-state index is 11.4. The van der Waals surface area contributed by atoms with Gasteiger partial charge in [0.25, 0.3) is 0 Å². The number of halogens is 1. The minimum Gasteiger partial charge on any atom is -0.356 e. The number of thiophene rings is 1. The highest BCUT2D eigenvalue weighted by Crippen LogP contribution is 2.25. The van der Waals surface area contributed by atoms with Crippen molar-refractivity contribution in [1.82, 2.24) is 5.32 Å². The Morgan fingerprint density at radius 3 is 2.89 bits per heavy atom. The average Bonchev–Trinajstić information content (AvgIpc) is 2.80. The normalized spacial score (nSPS) is 10.2. The van der Waals surface area contributed by atoms with Crippen LogP contribution < -0.4 is 11.1 Å². The van der Waals surface area contributed by atoms with Crippen molar-refractivity contribution in [2.24, 2.45) is 5.73 Å². The molecule has 3 N–H and O–H groups in total. The van der Waals surface area contributed by atoms with Gasteiger partial charge in [-0.3, -0.25) is 4.79 Å². The van der Waals surface area contributed by atoms with Crippen molar-refractivity contribution in [3.63, 3.8) is 0 Å². The smallest absolute Gasteiger partial charge is 0.220 e. The van der Waals surface area contributed by atoms with Gasteiger partial charge in [0.05, 0.1) is 0 Å². The molecule has 1 heterocycles. The summed E-state index contributed by atoms with van der Waals surface area (Å²) in [5, 5.41) is 6.41. The van der Waals surface area contributed by atoms with Crippen LogP contribution in [-0.2, 0) is 11.2 Å². The highest BCUT2D eigenvalue weighted by molar-refractivity contribution is 7.17. The van der Waals surface area contributed by atoms with Crippen LogP contribution in [-0.4, -0.2) is 19.0 Å². The van der Waals surface area contributed by atoms with Gasteiger partial charge in [0.1, 0.15) is 0 Å². The molecular weight excluding hydrogens is 280 g/mol. The molecule has 1 aromatic heterocycles. The van der Waals surface area contributed by atoms with Crippen LogP contribution in [0, 0.1) is 0 Å². The minimum atomic E-state index is 0. The number of hydrogen-bond acceptors (Lipinski definition) is 3. The van der Waals surface area contributed by atoms with E-state index in [1.807, 2.05) is 0 Å². The van der Waals surface area contributed by atoms with E-state index in [1.54, 1.807) is 11.3 Å².